The highest BCUT2D eigenvalue weighted by molar-refractivity contribution is 14.1. The van der Waals surface area contributed by atoms with Crippen molar-refractivity contribution in [3.63, 3.8) is 0 Å². The fourth-order valence-electron chi connectivity index (χ4n) is 1.86. The first-order valence-corrected chi connectivity index (χ1v) is 7.83. The van der Waals surface area contributed by atoms with Gasteiger partial charge in [-0.05, 0) is 53.6 Å². The number of piperidine rings is 1. The lowest BCUT2D eigenvalue weighted by molar-refractivity contribution is 0.0728. The van der Waals surface area contributed by atoms with Crippen LogP contribution in [-0.2, 0) is 0 Å². The Morgan fingerprint density at radius 1 is 1.41 bits per heavy atom. The van der Waals surface area contributed by atoms with Gasteiger partial charge in [-0.1, -0.05) is 27.5 Å². The molecular formula is C12H12BrClINO. The average Bonchev–Trinajstić information content (AvgIpc) is 2.33. The SMILES string of the molecule is O=C(c1ccc(I)c(Cl)c1)N1CCC(Br)CC1. The number of benzene rings is 1. The number of hydrogen-bond acceptors (Lipinski definition) is 1. The standard InChI is InChI=1S/C12H12BrClINO/c13-9-3-5-16(6-4-9)12(17)8-1-2-11(15)10(14)7-8/h1-2,7,9H,3-6H2. The van der Waals surface area contributed by atoms with E-state index in [2.05, 4.69) is 38.5 Å². The van der Waals surface area contributed by atoms with Gasteiger partial charge in [0.2, 0.25) is 0 Å². The number of likely N-dealkylation sites (tertiary alicyclic amines) is 1. The van der Waals surface area contributed by atoms with Gasteiger partial charge >= 0.3 is 0 Å². The molecule has 0 radical (unpaired) electrons. The zero-order chi connectivity index (χ0) is 12.4. The minimum atomic E-state index is 0.0858. The number of halogens is 3. The summed E-state index contributed by atoms with van der Waals surface area (Å²) < 4.78 is 0.972. The second kappa shape index (κ2) is 5.89. The van der Waals surface area contributed by atoms with Crippen LogP contribution in [-0.4, -0.2) is 28.7 Å². The van der Waals surface area contributed by atoms with E-state index in [-0.39, 0.29) is 5.91 Å². The van der Waals surface area contributed by atoms with Crippen molar-refractivity contribution in [2.24, 2.45) is 0 Å². The third-order valence-electron chi connectivity index (χ3n) is 2.88. The van der Waals surface area contributed by atoms with Crippen molar-refractivity contribution in [2.75, 3.05) is 13.1 Å². The minimum Gasteiger partial charge on any atom is -0.339 e. The Labute approximate surface area is 128 Å². The molecule has 0 atom stereocenters. The largest absolute Gasteiger partial charge is 0.339 e. The van der Waals surface area contributed by atoms with Gasteiger partial charge in [0.1, 0.15) is 0 Å². The van der Waals surface area contributed by atoms with Crippen molar-refractivity contribution >= 4 is 56.0 Å². The molecule has 2 rings (SSSR count). The zero-order valence-electron chi connectivity index (χ0n) is 9.13. The molecule has 92 valence electrons. The van der Waals surface area contributed by atoms with Crippen molar-refractivity contribution in [1.29, 1.82) is 0 Å². The van der Waals surface area contributed by atoms with Gasteiger partial charge in [0.15, 0.2) is 0 Å². The molecular weight excluding hydrogens is 416 g/mol. The summed E-state index contributed by atoms with van der Waals surface area (Å²) in [6, 6.07) is 5.48. The van der Waals surface area contributed by atoms with E-state index in [1.54, 1.807) is 6.07 Å². The lowest BCUT2D eigenvalue weighted by atomic mass is 10.1. The molecule has 0 unspecified atom stereocenters. The number of rotatable bonds is 1. The molecule has 17 heavy (non-hydrogen) atoms. The van der Waals surface area contributed by atoms with Gasteiger partial charge in [-0.2, -0.15) is 0 Å². The van der Waals surface area contributed by atoms with E-state index in [1.807, 2.05) is 17.0 Å². The Morgan fingerprint density at radius 2 is 2.06 bits per heavy atom. The fourth-order valence-corrected chi connectivity index (χ4v) is 2.79. The van der Waals surface area contributed by atoms with Gasteiger partial charge in [-0.25, -0.2) is 0 Å². The smallest absolute Gasteiger partial charge is 0.253 e. The summed E-state index contributed by atoms with van der Waals surface area (Å²) >= 11 is 11.8. The maximum absolute atomic E-state index is 12.2. The molecule has 1 aliphatic rings. The van der Waals surface area contributed by atoms with Crippen molar-refractivity contribution in [1.82, 2.24) is 4.90 Å². The van der Waals surface area contributed by atoms with Gasteiger partial charge in [0.25, 0.3) is 5.91 Å². The van der Waals surface area contributed by atoms with E-state index in [9.17, 15) is 4.79 Å². The van der Waals surface area contributed by atoms with Crippen LogP contribution in [0.2, 0.25) is 5.02 Å². The van der Waals surface area contributed by atoms with Crippen LogP contribution >= 0.6 is 50.1 Å². The van der Waals surface area contributed by atoms with E-state index < -0.39 is 0 Å². The van der Waals surface area contributed by atoms with Crippen LogP contribution in [0.15, 0.2) is 18.2 Å². The third-order valence-corrected chi connectivity index (χ3v) is 5.37. The minimum absolute atomic E-state index is 0.0858. The quantitative estimate of drug-likeness (QED) is 0.490. The van der Waals surface area contributed by atoms with Crippen molar-refractivity contribution in [2.45, 2.75) is 17.7 Å². The summed E-state index contributed by atoms with van der Waals surface area (Å²) in [5, 5.41) is 0.645. The average molecular weight is 428 g/mol. The van der Waals surface area contributed by atoms with Crippen molar-refractivity contribution in [3.8, 4) is 0 Å². The molecule has 0 saturated carbocycles. The molecule has 1 aliphatic heterocycles. The van der Waals surface area contributed by atoms with E-state index in [0.29, 0.717) is 15.4 Å². The molecule has 0 spiro atoms. The van der Waals surface area contributed by atoms with Gasteiger partial charge in [0.05, 0.1) is 5.02 Å². The normalized spacial score (nSPS) is 17.2. The summed E-state index contributed by atoms with van der Waals surface area (Å²) in [6.45, 7) is 1.64. The van der Waals surface area contributed by atoms with Crippen LogP contribution in [0.5, 0.6) is 0 Å². The molecule has 0 bridgehead atoms. The number of carbonyl (C=O) groups excluding carboxylic acids is 1. The maximum Gasteiger partial charge on any atom is 0.253 e. The number of alkyl halides is 1. The predicted molar refractivity (Wildman–Crippen MR) is 82.0 cm³/mol. The van der Waals surface area contributed by atoms with Gasteiger partial charge in [-0.3, -0.25) is 4.79 Å². The highest BCUT2D eigenvalue weighted by Crippen LogP contribution is 2.23. The second-order valence-corrected chi connectivity index (χ2v) is 6.96. The van der Waals surface area contributed by atoms with Crippen LogP contribution in [0.3, 0.4) is 0 Å². The maximum atomic E-state index is 12.2. The summed E-state index contributed by atoms with van der Waals surface area (Å²) in [5.74, 6) is 0.0858. The highest BCUT2D eigenvalue weighted by atomic mass is 127. The summed E-state index contributed by atoms with van der Waals surface area (Å²) in [7, 11) is 0. The molecule has 5 heteroatoms. The Morgan fingerprint density at radius 3 is 2.65 bits per heavy atom. The molecule has 0 aromatic heterocycles. The molecule has 1 aromatic carbocycles. The number of nitrogens with zero attached hydrogens (tertiary/aromatic N) is 1. The fraction of sp³-hybridized carbons (Fsp3) is 0.417. The van der Waals surface area contributed by atoms with Crippen LogP contribution in [0.4, 0.5) is 0 Å². The van der Waals surface area contributed by atoms with Gasteiger partial charge in [0, 0.05) is 27.1 Å². The predicted octanol–water partition coefficient (Wildman–Crippen LogP) is 3.94. The first-order valence-electron chi connectivity index (χ1n) is 5.46. The molecule has 1 aromatic rings. The number of carbonyl (C=O) groups is 1. The molecule has 0 aliphatic carbocycles. The Hall–Kier alpha value is 0.190. The third kappa shape index (κ3) is 3.35. The topological polar surface area (TPSA) is 20.3 Å². The highest BCUT2D eigenvalue weighted by Gasteiger charge is 2.22. The Bertz CT molecular complexity index is 433. The summed E-state index contributed by atoms with van der Waals surface area (Å²) in [6.07, 6.45) is 2.04. The van der Waals surface area contributed by atoms with Crippen molar-refractivity contribution < 1.29 is 4.79 Å². The monoisotopic (exact) mass is 427 g/mol. The van der Waals surface area contributed by atoms with Gasteiger partial charge in [-0.15, -0.1) is 0 Å². The first-order chi connectivity index (χ1) is 8.08. The zero-order valence-corrected chi connectivity index (χ0v) is 13.6. The van der Waals surface area contributed by atoms with E-state index in [4.69, 9.17) is 11.6 Å². The lowest BCUT2D eigenvalue weighted by Gasteiger charge is -2.29. The van der Waals surface area contributed by atoms with Crippen LogP contribution < -0.4 is 0 Å². The summed E-state index contributed by atoms with van der Waals surface area (Å²) in [4.78, 5) is 14.7. The molecule has 1 heterocycles. The molecule has 0 N–H and O–H groups in total. The number of hydrogen-bond donors (Lipinski definition) is 0. The van der Waals surface area contributed by atoms with Crippen LogP contribution in [0, 0.1) is 3.57 Å². The Balaban J connectivity index is 2.11. The number of amides is 1. The molecule has 2 nitrogen and oxygen atoms in total. The molecule has 1 saturated heterocycles. The van der Waals surface area contributed by atoms with Crippen LogP contribution in [0.1, 0.15) is 23.2 Å². The Kier molecular flexibility index (Phi) is 4.72. The lowest BCUT2D eigenvalue weighted by Crippen LogP contribution is -2.38. The van der Waals surface area contributed by atoms with E-state index >= 15 is 0 Å². The van der Waals surface area contributed by atoms with E-state index in [0.717, 1.165) is 29.5 Å². The van der Waals surface area contributed by atoms with E-state index in [1.165, 1.54) is 0 Å². The first kappa shape index (κ1) is 13.6. The molecule has 1 amide bonds. The van der Waals surface area contributed by atoms with Crippen LogP contribution in [0.25, 0.3) is 0 Å². The second-order valence-electron chi connectivity index (χ2n) is 4.10. The molecule has 1 fully saturated rings. The van der Waals surface area contributed by atoms with Gasteiger partial charge < -0.3 is 4.90 Å². The summed E-state index contributed by atoms with van der Waals surface area (Å²) in [5.41, 5.74) is 0.684. The van der Waals surface area contributed by atoms with Crippen molar-refractivity contribution in [3.05, 3.63) is 32.4 Å².